The fourth-order valence-corrected chi connectivity index (χ4v) is 15.9. The molecular formula is C28H24O4. The van der Waals surface area contributed by atoms with Crippen LogP contribution in [-0.2, 0) is 19.1 Å². The molecule has 2 saturated heterocycles. The number of hydrogen-bond donors (Lipinski definition) is 0. The minimum absolute atomic E-state index is 0.130. The lowest BCUT2D eigenvalue weighted by Gasteiger charge is -2.88. The average molecular weight is 424 g/mol. The van der Waals surface area contributed by atoms with Crippen molar-refractivity contribution in [3.8, 4) is 0 Å². The van der Waals surface area contributed by atoms with Crippen LogP contribution in [0.25, 0.3) is 0 Å². The molecule has 11 fully saturated rings. The predicted octanol–water partition coefficient (Wildman–Crippen LogP) is 2.04. The molecule has 6 bridgehead atoms. The van der Waals surface area contributed by atoms with Gasteiger partial charge in [-0.15, -0.1) is 0 Å². The molecule has 0 aromatic carbocycles. The Kier molecular flexibility index (Phi) is 1.59. The third kappa shape index (κ3) is 0.786. The molecule has 4 heteroatoms. The largest absolute Gasteiger partial charge is 0.369 e. The van der Waals surface area contributed by atoms with Crippen LogP contribution in [0.1, 0.15) is 12.8 Å². The van der Waals surface area contributed by atoms with Crippen LogP contribution >= 0.6 is 0 Å². The van der Waals surface area contributed by atoms with E-state index in [-0.39, 0.29) is 46.1 Å². The van der Waals surface area contributed by atoms with E-state index in [0.29, 0.717) is 82.6 Å². The first-order chi connectivity index (χ1) is 15.7. The Morgan fingerprint density at radius 2 is 1.53 bits per heavy atom. The number of ether oxygens (including phenoxy) is 2. The lowest BCUT2D eigenvalue weighted by molar-refractivity contribution is -0.463. The van der Waals surface area contributed by atoms with E-state index < -0.39 is 0 Å². The summed E-state index contributed by atoms with van der Waals surface area (Å²) < 4.78 is 14.0. The highest BCUT2D eigenvalue weighted by atomic mass is 16.6. The SMILES string of the molecule is O=C1[C@H]2[C@@H]3O[C@]45C6C7C=CC(C6[C@]14[C@H]2C[C@H]35)[C@@H]1C=C[C@]23C(=O)[C@H]4[C@@H]5O[C@]2(C2C3[C@H]4C[C@@H]25)[C@H]71. The Bertz CT molecular complexity index is 1300. The Morgan fingerprint density at radius 3 is 2.47 bits per heavy atom. The van der Waals surface area contributed by atoms with Gasteiger partial charge in [-0.1, -0.05) is 24.3 Å². The van der Waals surface area contributed by atoms with Crippen molar-refractivity contribution >= 4 is 11.6 Å². The van der Waals surface area contributed by atoms with Gasteiger partial charge >= 0.3 is 0 Å². The lowest BCUT2D eigenvalue weighted by Crippen LogP contribution is -2.96. The molecule has 160 valence electrons. The van der Waals surface area contributed by atoms with Crippen LogP contribution in [0.2, 0.25) is 0 Å². The summed E-state index contributed by atoms with van der Waals surface area (Å²) in [5.41, 5.74) is -0.788. The van der Waals surface area contributed by atoms with Crippen molar-refractivity contribution < 1.29 is 19.1 Å². The average Bonchev–Trinajstić information content (AvgIpc) is 3.44. The molecule has 4 spiro atoms. The van der Waals surface area contributed by atoms with Crippen LogP contribution in [0.3, 0.4) is 0 Å². The molecule has 32 heavy (non-hydrogen) atoms. The number of fused-ring (bicyclic) bond motifs is 2. The topological polar surface area (TPSA) is 52.6 Å². The molecule has 2 aliphatic heterocycles. The third-order valence-electron chi connectivity index (χ3n) is 15.5. The van der Waals surface area contributed by atoms with Crippen molar-refractivity contribution in [2.24, 2.45) is 93.7 Å². The molecule has 2 heterocycles. The molecule has 6 unspecified atom stereocenters. The quantitative estimate of drug-likeness (QED) is 0.559. The fourth-order valence-electron chi connectivity index (χ4n) is 15.9. The van der Waals surface area contributed by atoms with E-state index in [1.54, 1.807) is 0 Å². The number of Topliss-reactive ketones (excluding diaryl/α,β-unsaturated/α-hetero) is 2. The zero-order valence-corrected chi connectivity index (χ0v) is 17.6. The number of allylic oxidation sites excluding steroid dienone is 3. The fraction of sp³-hybridized carbons (Fsp3) is 0.786. The van der Waals surface area contributed by atoms with Crippen molar-refractivity contribution in [3.63, 3.8) is 0 Å². The number of carbonyl (C=O) groups is 2. The van der Waals surface area contributed by atoms with Gasteiger partial charge in [-0.2, -0.15) is 0 Å². The van der Waals surface area contributed by atoms with E-state index in [4.69, 9.17) is 9.47 Å². The summed E-state index contributed by atoms with van der Waals surface area (Å²) >= 11 is 0. The molecule has 12 aliphatic carbocycles. The number of hydrogen-bond acceptors (Lipinski definition) is 4. The van der Waals surface area contributed by atoms with Crippen LogP contribution in [0.5, 0.6) is 0 Å². The van der Waals surface area contributed by atoms with E-state index in [1.807, 2.05) is 0 Å². The van der Waals surface area contributed by atoms with E-state index >= 15 is 0 Å². The minimum Gasteiger partial charge on any atom is -0.369 e. The van der Waals surface area contributed by atoms with E-state index in [0.717, 1.165) is 0 Å². The van der Waals surface area contributed by atoms with Gasteiger partial charge in [0.2, 0.25) is 0 Å². The summed E-state index contributed by atoms with van der Waals surface area (Å²) in [6, 6.07) is 0. The van der Waals surface area contributed by atoms with Gasteiger partial charge in [0.05, 0.1) is 34.2 Å². The maximum atomic E-state index is 13.9. The number of ketones is 2. The van der Waals surface area contributed by atoms with Crippen LogP contribution < -0.4 is 0 Å². The maximum Gasteiger partial charge on any atom is 0.151 e. The number of carbonyl (C=O) groups excluding carboxylic acids is 2. The molecular weight excluding hydrogens is 400 g/mol. The summed E-state index contributed by atoms with van der Waals surface area (Å²) in [6.45, 7) is 0. The molecule has 0 aromatic heterocycles. The second kappa shape index (κ2) is 3.42. The molecule has 0 N–H and O–H groups in total. The van der Waals surface area contributed by atoms with Crippen LogP contribution in [0.15, 0.2) is 24.3 Å². The van der Waals surface area contributed by atoms with Gasteiger partial charge in [0.25, 0.3) is 0 Å². The summed E-state index contributed by atoms with van der Waals surface area (Å²) in [7, 11) is 0. The zero-order valence-electron chi connectivity index (χ0n) is 17.6. The smallest absolute Gasteiger partial charge is 0.151 e. The van der Waals surface area contributed by atoms with Gasteiger partial charge in [-0.05, 0) is 66.1 Å². The van der Waals surface area contributed by atoms with Crippen molar-refractivity contribution in [1.82, 2.24) is 0 Å². The second-order valence-electron chi connectivity index (χ2n) is 14.4. The van der Waals surface area contributed by atoms with Gasteiger partial charge in [0, 0.05) is 29.6 Å². The maximum absolute atomic E-state index is 13.9. The molecule has 4 nitrogen and oxygen atoms in total. The van der Waals surface area contributed by atoms with E-state index in [9.17, 15) is 9.59 Å². The van der Waals surface area contributed by atoms with Crippen molar-refractivity contribution in [3.05, 3.63) is 24.3 Å². The Morgan fingerprint density at radius 1 is 0.688 bits per heavy atom. The van der Waals surface area contributed by atoms with Crippen molar-refractivity contribution in [2.45, 2.75) is 36.3 Å². The standard InChI is InChI=1S/C28H24O4/c29-23-14-10-5-11-20-17(10)25(23)4-3-8-7-1-2-9(16(8)28(20,25)31-21(11)14)19-18(7)26-12-6-13-22(15(12)24(26)30)32-27(13,19)26/h1-4,7-22H,5-6H2/t7?,8-,9?,10-,11-,12-,13+,14+,15+,16-,17?,18?,19?,20?,21+,22+,25-,26+,27+,28-/m0/s1. The highest BCUT2D eigenvalue weighted by Crippen LogP contribution is 2.96. The molecule has 0 amide bonds. The molecule has 0 aromatic rings. The van der Waals surface area contributed by atoms with Gasteiger partial charge in [0.15, 0.2) is 5.78 Å². The monoisotopic (exact) mass is 424 g/mol. The predicted molar refractivity (Wildman–Crippen MR) is 106 cm³/mol. The van der Waals surface area contributed by atoms with E-state index in [2.05, 4.69) is 24.3 Å². The first-order valence-electron chi connectivity index (χ1n) is 13.5. The van der Waals surface area contributed by atoms with Crippen LogP contribution in [0.4, 0.5) is 0 Å². The molecule has 9 saturated carbocycles. The Hall–Kier alpha value is -1.26. The Balaban J connectivity index is 1.08. The number of rotatable bonds is 0. The highest BCUT2D eigenvalue weighted by molar-refractivity contribution is 6.02. The third-order valence-corrected chi connectivity index (χ3v) is 15.5. The zero-order chi connectivity index (χ0) is 20.0. The van der Waals surface area contributed by atoms with Crippen LogP contribution in [0, 0.1) is 93.7 Å². The van der Waals surface area contributed by atoms with Crippen LogP contribution in [-0.4, -0.2) is 35.0 Å². The molecule has 14 aliphatic rings. The highest BCUT2D eigenvalue weighted by Gasteiger charge is 3.03. The summed E-state index contributed by atoms with van der Waals surface area (Å²) in [6.07, 6.45) is 12.9. The van der Waals surface area contributed by atoms with E-state index in [1.165, 1.54) is 12.8 Å². The first-order valence-corrected chi connectivity index (χ1v) is 13.5. The minimum atomic E-state index is -0.301. The first kappa shape index (κ1) is 14.9. The van der Waals surface area contributed by atoms with Gasteiger partial charge in [-0.25, -0.2) is 0 Å². The summed E-state index contributed by atoms with van der Waals surface area (Å²) in [5.74, 6) is 8.08. The second-order valence-corrected chi connectivity index (χ2v) is 14.4. The molecule has 14 rings (SSSR count). The van der Waals surface area contributed by atoms with Crippen molar-refractivity contribution in [2.75, 3.05) is 0 Å². The normalized spacial score (nSPS) is 85.4. The lowest BCUT2D eigenvalue weighted by atomic mass is 9.20. The van der Waals surface area contributed by atoms with Gasteiger partial charge < -0.3 is 9.47 Å². The summed E-state index contributed by atoms with van der Waals surface area (Å²) in [5, 5.41) is 0. The Labute approximate surface area is 185 Å². The van der Waals surface area contributed by atoms with Gasteiger partial charge in [-0.3, -0.25) is 9.59 Å². The summed E-state index contributed by atoms with van der Waals surface area (Å²) in [4.78, 5) is 27.5. The van der Waals surface area contributed by atoms with Gasteiger partial charge in [0.1, 0.15) is 5.78 Å². The molecule has 0 radical (unpaired) electrons. The molecule has 20 atom stereocenters. The van der Waals surface area contributed by atoms with Crippen molar-refractivity contribution in [1.29, 1.82) is 0 Å².